The van der Waals surface area contributed by atoms with Gasteiger partial charge in [0.2, 0.25) is 0 Å². The normalized spacial score (nSPS) is 16.8. The number of aliphatic hydroxyl groups is 1. The van der Waals surface area contributed by atoms with Crippen LogP contribution < -0.4 is 0 Å². The molecule has 0 aromatic heterocycles. The molecule has 0 saturated heterocycles. The van der Waals surface area contributed by atoms with E-state index in [1.165, 1.54) is 0 Å². The highest BCUT2D eigenvalue weighted by Crippen LogP contribution is 2.16. The number of halogens is 1. The average molecular weight is 169 g/mol. The van der Waals surface area contributed by atoms with Crippen molar-refractivity contribution in [3.63, 3.8) is 0 Å². The summed E-state index contributed by atoms with van der Waals surface area (Å²) >= 11 is 5.79. The van der Waals surface area contributed by atoms with E-state index in [4.69, 9.17) is 16.7 Å². The first-order valence-corrected chi connectivity index (χ1v) is 3.72. The monoisotopic (exact) mass is 168 g/mol. The van der Waals surface area contributed by atoms with Crippen molar-refractivity contribution >= 4 is 11.6 Å². The molecule has 0 aliphatic heterocycles. The van der Waals surface area contributed by atoms with Gasteiger partial charge in [-0.25, -0.2) is 0 Å². The zero-order valence-corrected chi connectivity index (χ0v) is 7.02. The van der Waals surface area contributed by atoms with Gasteiger partial charge in [-0.3, -0.25) is 0 Å². The molecule has 0 saturated carbocycles. The lowest BCUT2D eigenvalue weighted by molar-refractivity contribution is 0.334. The van der Waals surface area contributed by atoms with E-state index in [2.05, 4.69) is 5.73 Å². The van der Waals surface area contributed by atoms with Crippen LogP contribution in [0.25, 0.3) is 0 Å². The van der Waals surface area contributed by atoms with E-state index in [0.717, 1.165) is 11.1 Å². The number of hydrogen-bond acceptors (Lipinski definition) is 1. The first kappa shape index (κ1) is 8.35. The van der Waals surface area contributed by atoms with Gasteiger partial charge in [0.25, 0.3) is 0 Å². The highest BCUT2D eigenvalue weighted by atomic mass is 35.5. The molecule has 0 bridgehead atoms. The Balaban J connectivity index is 3.09. The Kier molecular flexibility index (Phi) is 2.72. The van der Waals surface area contributed by atoms with Gasteiger partial charge in [0.15, 0.2) is 0 Å². The van der Waals surface area contributed by atoms with Gasteiger partial charge in [0, 0.05) is 0 Å². The summed E-state index contributed by atoms with van der Waals surface area (Å²) in [5.41, 5.74) is 4.68. The minimum absolute atomic E-state index is 0.0256. The van der Waals surface area contributed by atoms with Crippen LogP contribution in [0, 0.1) is 0 Å². The number of allylic oxidation sites excluding steroid dienone is 3. The average Bonchev–Trinajstić information content (AvgIpc) is 2.13. The lowest BCUT2D eigenvalue weighted by atomic mass is 10.2. The maximum absolute atomic E-state index is 8.86. The zero-order valence-electron chi connectivity index (χ0n) is 6.26. The smallest absolute Gasteiger partial charge is 0.0696 e. The molecule has 0 aromatic rings. The summed E-state index contributed by atoms with van der Waals surface area (Å²) in [6, 6.07) is 0. The molecule has 2 heteroatoms. The summed E-state index contributed by atoms with van der Waals surface area (Å²) in [7, 11) is 0. The number of aliphatic hydroxyl groups excluding tert-OH is 1. The summed E-state index contributed by atoms with van der Waals surface area (Å²) in [4.78, 5) is 0. The van der Waals surface area contributed by atoms with Crippen molar-refractivity contribution in [1.82, 2.24) is 0 Å². The van der Waals surface area contributed by atoms with Gasteiger partial charge in [-0.05, 0) is 30.2 Å². The Labute approximate surface area is 71.0 Å². The van der Waals surface area contributed by atoms with Gasteiger partial charge in [-0.2, -0.15) is 0 Å². The molecule has 58 valence electrons. The van der Waals surface area contributed by atoms with Crippen molar-refractivity contribution in [2.75, 3.05) is 6.61 Å². The molecule has 1 N–H and O–H groups in total. The molecule has 1 aliphatic rings. The van der Waals surface area contributed by atoms with Crippen LogP contribution in [0.5, 0.6) is 0 Å². The topological polar surface area (TPSA) is 20.2 Å². The Hall–Kier alpha value is -0.750. The quantitative estimate of drug-likeness (QED) is 0.595. The second-order valence-electron chi connectivity index (χ2n) is 2.37. The Morgan fingerprint density at radius 1 is 1.55 bits per heavy atom. The molecule has 0 heterocycles. The van der Waals surface area contributed by atoms with E-state index in [-0.39, 0.29) is 6.61 Å². The summed E-state index contributed by atoms with van der Waals surface area (Å²) in [6.07, 6.45) is 5.32. The third-order valence-electron chi connectivity index (χ3n) is 1.40. The molecule has 1 rings (SSSR count). The van der Waals surface area contributed by atoms with E-state index in [1.807, 2.05) is 19.1 Å². The van der Waals surface area contributed by atoms with Gasteiger partial charge in [-0.1, -0.05) is 17.7 Å². The van der Waals surface area contributed by atoms with Crippen LogP contribution in [0.4, 0.5) is 0 Å². The fraction of sp³-hybridized carbons (Fsp3) is 0.222. The molecule has 0 fully saturated rings. The van der Waals surface area contributed by atoms with E-state index in [0.29, 0.717) is 5.03 Å². The number of rotatable bonds is 1. The summed E-state index contributed by atoms with van der Waals surface area (Å²) in [5.74, 6) is 0. The second kappa shape index (κ2) is 3.59. The second-order valence-corrected chi connectivity index (χ2v) is 2.78. The maximum atomic E-state index is 8.86. The maximum Gasteiger partial charge on any atom is 0.0696 e. The van der Waals surface area contributed by atoms with Crippen molar-refractivity contribution in [2.45, 2.75) is 6.92 Å². The van der Waals surface area contributed by atoms with Gasteiger partial charge >= 0.3 is 0 Å². The van der Waals surface area contributed by atoms with Crippen LogP contribution >= 0.6 is 11.6 Å². The van der Waals surface area contributed by atoms with Crippen molar-refractivity contribution in [3.8, 4) is 0 Å². The largest absolute Gasteiger partial charge is 0.392 e. The predicted molar refractivity (Wildman–Crippen MR) is 46.4 cm³/mol. The SMILES string of the molecule is CC1=CC(CO)=C(Cl)C=C=C1. The molecule has 0 atom stereocenters. The molecule has 0 amide bonds. The van der Waals surface area contributed by atoms with Crippen LogP contribution in [0.2, 0.25) is 0 Å². The molecule has 1 aliphatic carbocycles. The van der Waals surface area contributed by atoms with Gasteiger partial charge in [0.05, 0.1) is 11.6 Å². The van der Waals surface area contributed by atoms with Crippen LogP contribution in [0.15, 0.2) is 40.1 Å². The molecule has 0 radical (unpaired) electrons. The zero-order chi connectivity index (χ0) is 8.27. The number of hydrogen-bond donors (Lipinski definition) is 1. The Morgan fingerprint density at radius 2 is 2.27 bits per heavy atom. The van der Waals surface area contributed by atoms with Crippen molar-refractivity contribution in [3.05, 3.63) is 40.1 Å². The minimum Gasteiger partial charge on any atom is -0.392 e. The molecule has 1 nitrogen and oxygen atoms in total. The van der Waals surface area contributed by atoms with Crippen LogP contribution in [-0.2, 0) is 0 Å². The molecule has 0 aromatic carbocycles. The molecule has 11 heavy (non-hydrogen) atoms. The van der Waals surface area contributed by atoms with Crippen molar-refractivity contribution in [2.24, 2.45) is 0 Å². The molecular weight excluding hydrogens is 160 g/mol. The van der Waals surface area contributed by atoms with E-state index < -0.39 is 0 Å². The first-order valence-electron chi connectivity index (χ1n) is 3.34. The highest BCUT2D eigenvalue weighted by Gasteiger charge is 1.99. The van der Waals surface area contributed by atoms with Crippen molar-refractivity contribution < 1.29 is 5.11 Å². The van der Waals surface area contributed by atoms with Crippen molar-refractivity contribution in [1.29, 1.82) is 0 Å². The van der Waals surface area contributed by atoms with Gasteiger partial charge < -0.3 is 5.11 Å². The molecule has 0 unspecified atom stereocenters. The predicted octanol–water partition coefficient (Wildman–Crippen LogP) is 2.14. The Bertz CT molecular complexity index is 278. The molecular formula is C9H9ClO. The van der Waals surface area contributed by atoms with E-state index in [9.17, 15) is 0 Å². The summed E-state index contributed by atoms with van der Waals surface area (Å²) < 4.78 is 0. The van der Waals surface area contributed by atoms with Gasteiger partial charge in [-0.15, -0.1) is 5.73 Å². The summed E-state index contributed by atoms with van der Waals surface area (Å²) in [6.45, 7) is 1.91. The minimum atomic E-state index is -0.0256. The third kappa shape index (κ3) is 2.09. The van der Waals surface area contributed by atoms with Crippen LogP contribution in [-0.4, -0.2) is 11.7 Å². The highest BCUT2D eigenvalue weighted by molar-refractivity contribution is 6.31. The van der Waals surface area contributed by atoms with Gasteiger partial charge in [0.1, 0.15) is 0 Å². The standard InChI is InChI=1S/C9H9ClO/c1-7-3-2-4-9(10)8(5-7)6-11/h3-5,11H,6H2,1H3. The fourth-order valence-electron chi connectivity index (χ4n) is 0.846. The third-order valence-corrected chi connectivity index (χ3v) is 1.75. The molecule has 0 spiro atoms. The fourth-order valence-corrected chi connectivity index (χ4v) is 1.02. The van der Waals surface area contributed by atoms with Crippen LogP contribution in [0.3, 0.4) is 0 Å². The first-order chi connectivity index (χ1) is 5.24. The lowest BCUT2D eigenvalue weighted by Gasteiger charge is -1.97. The van der Waals surface area contributed by atoms with E-state index in [1.54, 1.807) is 6.08 Å². The lowest BCUT2D eigenvalue weighted by Crippen LogP contribution is -1.88. The van der Waals surface area contributed by atoms with E-state index >= 15 is 0 Å². The Morgan fingerprint density at radius 3 is 2.91 bits per heavy atom. The van der Waals surface area contributed by atoms with Crippen LogP contribution in [0.1, 0.15) is 6.92 Å². The summed E-state index contributed by atoms with van der Waals surface area (Å²) in [5, 5.41) is 9.41.